The Morgan fingerprint density at radius 2 is 1.92 bits per heavy atom. The molecule has 1 saturated heterocycles. The molecule has 0 aromatic rings. The van der Waals surface area contributed by atoms with Gasteiger partial charge in [-0.2, -0.15) is 0 Å². The molecule has 3 heteroatoms. The Balaban J connectivity index is 2.32. The molecule has 2 N–H and O–H groups in total. The van der Waals surface area contributed by atoms with E-state index in [1.54, 1.807) is 0 Å². The van der Waals surface area contributed by atoms with Gasteiger partial charge in [0.25, 0.3) is 0 Å². The average Bonchev–Trinajstić information content (AvgIpc) is 2.02. The standard InChI is InChI=1S/C10H22N2O/c1-4-10(13)7-12-5-8(2)11-9(3)6-12/h8-11,13H,4-7H2,1-3H3. The van der Waals surface area contributed by atoms with Gasteiger partial charge in [0, 0.05) is 31.7 Å². The van der Waals surface area contributed by atoms with E-state index in [0.29, 0.717) is 12.1 Å². The van der Waals surface area contributed by atoms with Gasteiger partial charge in [-0.05, 0) is 20.3 Å². The van der Waals surface area contributed by atoms with Gasteiger partial charge in [0.2, 0.25) is 0 Å². The van der Waals surface area contributed by atoms with Gasteiger partial charge in [-0.3, -0.25) is 4.90 Å². The molecule has 3 unspecified atom stereocenters. The first-order chi connectivity index (χ1) is 6.11. The number of β-amino-alcohol motifs (C(OH)–C–C–N with tert-alkyl or cyclic N) is 1. The van der Waals surface area contributed by atoms with Gasteiger partial charge < -0.3 is 10.4 Å². The third kappa shape index (κ3) is 3.63. The molecule has 0 bridgehead atoms. The molecule has 1 fully saturated rings. The molecule has 0 spiro atoms. The fourth-order valence-electron chi connectivity index (χ4n) is 2.02. The molecule has 3 nitrogen and oxygen atoms in total. The maximum absolute atomic E-state index is 9.52. The molecular weight excluding hydrogens is 164 g/mol. The normalized spacial score (nSPS) is 33.2. The Hall–Kier alpha value is -0.120. The second-order valence-electron chi connectivity index (χ2n) is 4.25. The number of hydrogen-bond donors (Lipinski definition) is 2. The van der Waals surface area contributed by atoms with Crippen molar-refractivity contribution in [3.63, 3.8) is 0 Å². The summed E-state index contributed by atoms with van der Waals surface area (Å²) in [7, 11) is 0. The van der Waals surface area contributed by atoms with Crippen LogP contribution in [-0.4, -0.2) is 47.8 Å². The van der Waals surface area contributed by atoms with Gasteiger partial charge in [0.1, 0.15) is 0 Å². The maximum Gasteiger partial charge on any atom is 0.0664 e. The van der Waals surface area contributed by atoms with Crippen molar-refractivity contribution >= 4 is 0 Å². The Bertz CT molecular complexity index is 142. The minimum Gasteiger partial charge on any atom is -0.392 e. The predicted molar refractivity (Wildman–Crippen MR) is 54.8 cm³/mol. The smallest absolute Gasteiger partial charge is 0.0664 e. The summed E-state index contributed by atoms with van der Waals surface area (Å²) in [5.41, 5.74) is 0. The van der Waals surface area contributed by atoms with E-state index in [4.69, 9.17) is 0 Å². The zero-order valence-electron chi connectivity index (χ0n) is 8.95. The van der Waals surface area contributed by atoms with Gasteiger partial charge in [0.15, 0.2) is 0 Å². The van der Waals surface area contributed by atoms with Crippen molar-refractivity contribution in [1.82, 2.24) is 10.2 Å². The lowest BCUT2D eigenvalue weighted by molar-refractivity contribution is 0.0826. The van der Waals surface area contributed by atoms with E-state index >= 15 is 0 Å². The molecule has 3 atom stereocenters. The highest BCUT2D eigenvalue weighted by Gasteiger charge is 2.21. The van der Waals surface area contributed by atoms with E-state index in [1.807, 2.05) is 6.92 Å². The van der Waals surface area contributed by atoms with Crippen molar-refractivity contribution in [1.29, 1.82) is 0 Å². The second-order valence-corrected chi connectivity index (χ2v) is 4.25. The molecule has 78 valence electrons. The Morgan fingerprint density at radius 1 is 1.38 bits per heavy atom. The molecule has 0 aromatic carbocycles. The summed E-state index contributed by atoms with van der Waals surface area (Å²) in [4.78, 5) is 2.35. The van der Waals surface area contributed by atoms with Crippen LogP contribution in [0.3, 0.4) is 0 Å². The van der Waals surface area contributed by atoms with Crippen LogP contribution in [0.1, 0.15) is 27.2 Å². The Kier molecular flexibility index (Phi) is 4.16. The molecule has 0 amide bonds. The number of rotatable bonds is 3. The Morgan fingerprint density at radius 3 is 2.38 bits per heavy atom. The van der Waals surface area contributed by atoms with Crippen LogP contribution < -0.4 is 5.32 Å². The van der Waals surface area contributed by atoms with Crippen LogP contribution in [0.5, 0.6) is 0 Å². The molecule has 0 aromatic heterocycles. The van der Waals surface area contributed by atoms with Crippen molar-refractivity contribution in [3.8, 4) is 0 Å². The van der Waals surface area contributed by atoms with Crippen molar-refractivity contribution in [2.75, 3.05) is 19.6 Å². The number of nitrogens with one attached hydrogen (secondary N) is 1. The fourth-order valence-corrected chi connectivity index (χ4v) is 2.02. The van der Waals surface area contributed by atoms with E-state index in [9.17, 15) is 5.11 Å². The molecule has 13 heavy (non-hydrogen) atoms. The van der Waals surface area contributed by atoms with Crippen LogP contribution in [0.15, 0.2) is 0 Å². The summed E-state index contributed by atoms with van der Waals surface area (Å²) in [6, 6.07) is 1.10. The van der Waals surface area contributed by atoms with Crippen LogP contribution in [0, 0.1) is 0 Å². The van der Waals surface area contributed by atoms with E-state index < -0.39 is 0 Å². The number of hydrogen-bond acceptors (Lipinski definition) is 3. The molecular formula is C10H22N2O. The van der Waals surface area contributed by atoms with Crippen LogP contribution in [0.25, 0.3) is 0 Å². The number of aliphatic hydroxyl groups is 1. The number of aliphatic hydroxyl groups excluding tert-OH is 1. The maximum atomic E-state index is 9.52. The van der Waals surface area contributed by atoms with Crippen molar-refractivity contribution in [2.45, 2.75) is 45.4 Å². The third-order valence-corrected chi connectivity index (χ3v) is 2.57. The molecule has 0 aliphatic carbocycles. The average molecular weight is 186 g/mol. The van der Waals surface area contributed by atoms with Crippen LogP contribution in [0.4, 0.5) is 0 Å². The number of piperazine rings is 1. The lowest BCUT2D eigenvalue weighted by atomic mass is 10.1. The molecule has 1 aliphatic rings. The first-order valence-electron chi connectivity index (χ1n) is 5.28. The van der Waals surface area contributed by atoms with Crippen LogP contribution in [0.2, 0.25) is 0 Å². The fraction of sp³-hybridized carbons (Fsp3) is 1.00. The van der Waals surface area contributed by atoms with E-state index in [0.717, 1.165) is 26.1 Å². The summed E-state index contributed by atoms with van der Waals surface area (Å²) in [5, 5.41) is 13.0. The zero-order valence-corrected chi connectivity index (χ0v) is 8.95. The molecule has 1 heterocycles. The second kappa shape index (κ2) is 4.94. The molecule has 0 saturated carbocycles. The van der Waals surface area contributed by atoms with Crippen LogP contribution in [-0.2, 0) is 0 Å². The quantitative estimate of drug-likeness (QED) is 0.671. The van der Waals surface area contributed by atoms with Crippen molar-refractivity contribution < 1.29 is 5.11 Å². The van der Waals surface area contributed by atoms with Gasteiger partial charge >= 0.3 is 0 Å². The van der Waals surface area contributed by atoms with Gasteiger partial charge in [0.05, 0.1) is 6.10 Å². The van der Waals surface area contributed by atoms with Gasteiger partial charge in [-0.25, -0.2) is 0 Å². The highest BCUT2D eigenvalue weighted by Crippen LogP contribution is 2.05. The van der Waals surface area contributed by atoms with Crippen LogP contribution >= 0.6 is 0 Å². The number of nitrogens with zero attached hydrogens (tertiary/aromatic N) is 1. The SMILES string of the molecule is CCC(O)CN1CC(C)NC(C)C1. The molecule has 1 aliphatic heterocycles. The summed E-state index contributed by atoms with van der Waals surface area (Å²) in [6.07, 6.45) is 0.699. The zero-order chi connectivity index (χ0) is 9.84. The van der Waals surface area contributed by atoms with E-state index in [2.05, 4.69) is 24.1 Å². The van der Waals surface area contributed by atoms with E-state index in [1.165, 1.54) is 0 Å². The molecule has 0 radical (unpaired) electrons. The minimum absolute atomic E-state index is 0.155. The lowest BCUT2D eigenvalue weighted by Crippen LogP contribution is -2.55. The first-order valence-corrected chi connectivity index (χ1v) is 5.28. The monoisotopic (exact) mass is 186 g/mol. The van der Waals surface area contributed by atoms with Crippen molar-refractivity contribution in [2.24, 2.45) is 0 Å². The lowest BCUT2D eigenvalue weighted by Gasteiger charge is -2.36. The largest absolute Gasteiger partial charge is 0.392 e. The predicted octanol–water partition coefficient (Wildman–Crippen LogP) is 0.439. The topological polar surface area (TPSA) is 35.5 Å². The van der Waals surface area contributed by atoms with E-state index in [-0.39, 0.29) is 6.10 Å². The summed E-state index contributed by atoms with van der Waals surface area (Å²) in [6.45, 7) is 9.36. The minimum atomic E-state index is -0.155. The summed E-state index contributed by atoms with van der Waals surface area (Å²) >= 11 is 0. The van der Waals surface area contributed by atoms with Gasteiger partial charge in [-0.1, -0.05) is 6.92 Å². The Labute approximate surface area is 81.1 Å². The third-order valence-electron chi connectivity index (χ3n) is 2.57. The first kappa shape index (κ1) is 11.0. The van der Waals surface area contributed by atoms with Gasteiger partial charge in [-0.15, -0.1) is 0 Å². The highest BCUT2D eigenvalue weighted by molar-refractivity contribution is 4.81. The molecule has 1 rings (SSSR count). The highest BCUT2D eigenvalue weighted by atomic mass is 16.3. The van der Waals surface area contributed by atoms with Crippen molar-refractivity contribution in [3.05, 3.63) is 0 Å². The summed E-state index contributed by atoms with van der Waals surface area (Å²) in [5.74, 6) is 0. The summed E-state index contributed by atoms with van der Waals surface area (Å²) < 4.78 is 0.